The highest BCUT2D eigenvalue weighted by Gasteiger charge is 2.16. The predicted molar refractivity (Wildman–Crippen MR) is 59.1 cm³/mol. The quantitative estimate of drug-likeness (QED) is 0.769. The molecule has 4 nitrogen and oxygen atoms in total. The van der Waals surface area contributed by atoms with Crippen LogP contribution in [0.25, 0.3) is 0 Å². The summed E-state index contributed by atoms with van der Waals surface area (Å²) < 4.78 is 0.676. The van der Waals surface area contributed by atoms with E-state index in [0.29, 0.717) is 10.2 Å². The van der Waals surface area contributed by atoms with Gasteiger partial charge in [-0.3, -0.25) is 4.79 Å². The second kappa shape index (κ2) is 4.89. The lowest BCUT2D eigenvalue weighted by Gasteiger charge is -2.18. The first-order valence-electron chi connectivity index (χ1n) is 4.34. The summed E-state index contributed by atoms with van der Waals surface area (Å²) in [6.45, 7) is 1.67. The Morgan fingerprint density at radius 3 is 2.80 bits per heavy atom. The van der Waals surface area contributed by atoms with Crippen LogP contribution >= 0.6 is 15.9 Å². The third-order valence-corrected chi connectivity index (χ3v) is 2.53. The Labute approximate surface area is 96.7 Å². The summed E-state index contributed by atoms with van der Waals surface area (Å²) in [6.07, 6.45) is 1.48. The molecular formula is C10H10BrN3O. The minimum absolute atomic E-state index is 0.205. The van der Waals surface area contributed by atoms with Crippen molar-refractivity contribution in [1.82, 2.24) is 9.88 Å². The Morgan fingerprint density at radius 2 is 2.33 bits per heavy atom. The van der Waals surface area contributed by atoms with Gasteiger partial charge in [0, 0.05) is 13.2 Å². The maximum atomic E-state index is 11.8. The molecule has 0 radical (unpaired) electrons. The van der Waals surface area contributed by atoms with E-state index in [1.54, 1.807) is 26.1 Å². The Balaban J connectivity index is 2.86. The molecule has 1 amide bonds. The summed E-state index contributed by atoms with van der Waals surface area (Å²) in [5, 5.41) is 8.68. The van der Waals surface area contributed by atoms with E-state index in [1.165, 1.54) is 11.1 Å². The number of aromatic nitrogens is 1. The smallest absolute Gasteiger partial charge is 0.256 e. The van der Waals surface area contributed by atoms with Gasteiger partial charge in [-0.25, -0.2) is 4.98 Å². The normalized spacial score (nSPS) is 11.6. The van der Waals surface area contributed by atoms with Crippen LogP contribution in [-0.2, 0) is 0 Å². The average molecular weight is 268 g/mol. The van der Waals surface area contributed by atoms with Crippen LogP contribution in [0.2, 0.25) is 0 Å². The van der Waals surface area contributed by atoms with Crippen molar-refractivity contribution in [3.8, 4) is 6.07 Å². The van der Waals surface area contributed by atoms with Crippen molar-refractivity contribution in [2.45, 2.75) is 13.0 Å². The van der Waals surface area contributed by atoms with Crippen LogP contribution in [-0.4, -0.2) is 28.9 Å². The fourth-order valence-electron chi connectivity index (χ4n) is 0.968. The van der Waals surface area contributed by atoms with E-state index >= 15 is 0 Å². The summed E-state index contributed by atoms with van der Waals surface area (Å²) in [5.74, 6) is -0.205. The van der Waals surface area contributed by atoms with E-state index in [1.807, 2.05) is 6.07 Å². The van der Waals surface area contributed by atoms with Gasteiger partial charge >= 0.3 is 0 Å². The summed E-state index contributed by atoms with van der Waals surface area (Å²) in [7, 11) is 1.60. The average Bonchev–Trinajstić information content (AvgIpc) is 2.27. The molecule has 0 bridgehead atoms. The minimum atomic E-state index is -0.443. The van der Waals surface area contributed by atoms with Gasteiger partial charge in [-0.05, 0) is 35.0 Å². The van der Waals surface area contributed by atoms with Gasteiger partial charge in [0.1, 0.15) is 10.6 Å². The fourth-order valence-corrected chi connectivity index (χ4v) is 1.20. The van der Waals surface area contributed by atoms with Crippen molar-refractivity contribution in [1.29, 1.82) is 5.26 Å². The zero-order chi connectivity index (χ0) is 11.4. The number of pyridine rings is 1. The Bertz CT molecular complexity index is 396. The topological polar surface area (TPSA) is 57.0 Å². The number of carbonyl (C=O) groups is 1. The first-order chi connectivity index (χ1) is 7.06. The van der Waals surface area contributed by atoms with E-state index in [2.05, 4.69) is 20.9 Å². The molecule has 1 unspecified atom stereocenters. The Hall–Kier alpha value is -1.41. The van der Waals surface area contributed by atoms with E-state index in [-0.39, 0.29) is 5.91 Å². The van der Waals surface area contributed by atoms with Gasteiger partial charge in [-0.15, -0.1) is 0 Å². The van der Waals surface area contributed by atoms with Crippen LogP contribution in [0, 0.1) is 11.3 Å². The highest BCUT2D eigenvalue weighted by molar-refractivity contribution is 9.10. The lowest BCUT2D eigenvalue weighted by atomic mass is 10.2. The highest BCUT2D eigenvalue weighted by Crippen LogP contribution is 2.09. The number of hydrogen-bond acceptors (Lipinski definition) is 3. The first kappa shape index (κ1) is 11.7. The first-order valence-corrected chi connectivity index (χ1v) is 5.14. The van der Waals surface area contributed by atoms with Gasteiger partial charge in [0.2, 0.25) is 0 Å². The summed E-state index contributed by atoms with van der Waals surface area (Å²) >= 11 is 3.19. The van der Waals surface area contributed by atoms with Crippen LogP contribution in [0.15, 0.2) is 22.9 Å². The monoisotopic (exact) mass is 267 g/mol. The Kier molecular flexibility index (Phi) is 3.81. The van der Waals surface area contributed by atoms with E-state index in [4.69, 9.17) is 5.26 Å². The number of rotatable bonds is 2. The van der Waals surface area contributed by atoms with Crippen LogP contribution in [0.3, 0.4) is 0 Å². The van der Waals surface area contributed by atoms with Crippen molar-refractivity contribution in [3.05, 3.63) is 28.5 Å². The van der Waals surface area contributed by atoms with Crippen molar-refractivity contribution < 1.29 is 4.79 Å². The molecule has 0 spiro atoms. The summed E-state index contributed by atoms with van der Waals surface area (Å²) in [6, 6.07) is 4.92. The third kappa shape index (κ3) is 2.77. The molecule has 78 valence electrons. The molecule has 1 aromatic rings. The molecule has 1 atom stereocenters. The summed E-state index contributed by atoms with van der Waals surface area (Å²) in [5.41, 5.74) is 0.475. The van der Waals surface area contributed by atoms with E-state index in [9.17, 15) is 4.79 Å². The maximum Gasteiger partial charge on any atom is 0.256 e. The van der Waals surface area contributed by atoms with E-state index < -0.39 is 6.04 Å². The molecule has 0 aliphatic carbocycles. The zero-order valence-electron chi connectivity index (χ0n) is 8.44. The molecule has 1 aromatic heterocycles. The molecule has 0 fully saturated rings. The third-order valence-electron chi connectivity index (χ3n) is 2.06. The number of hydrogen-bond donors (Lipinski definition) is 0. The van der Waals surface area contributed by atoms with Crippen LogP contribution in [0.1, 0.15) is 17.3 Å². The molecule has 0 saturated heterocycles. The molecule has 0 N–H and O–H groups in total. The Morgan fingerprint density at radius 1 is 1.67 bits per heavy atom. The van der Waals surface area contributed by atoms with Gasteiger partial charge in [-0.2, -0.15) is 5.26 Å². The molecule has 1 rings (SSSR count). The van der Waals surface area contributed by atoms with Gasteiger partial charge in [0.25, 0.3) is 5.91 Å². The van der Waals surface area contributed by atoms with Crippen LogP contribution in [0.5, 0.6) is 0 Å². The second-order valence-corrected chi connectivity index (χ2v) is 3.90. The lowest BCUT2D eigenvalue weighted by Crippen LogP contribution is -2.34. The molecular weight excluding hydrogens is 258 g/mol. The number of amides is 1. The van der Waals surface area contributed by atoms with Crippen molar-refractivity contribution in [2.75, 3.05) is 7.05 Å². The van der Waals surface area contributed by atoms with Gasteiger partial charge in [0.05, 0.1) is 11.6 Å². The fraction of sp³-hybridized carbons (Fsp3) is 0.300. The molecule has 15 heavy (non-hydrogen) atoms. The number of halogens is 1. The molecule has 0 aliphatic rings. The number of carbonyl (C=O) groups excluding carboxylic acids is 1. The van der Waals surface area contributed by atoms with Gasteiger partial charge < -0.3 is 4.90 Å². The van der Waals surface area contributed by atoms with Crippen LogP contribution < -0.4 is 0 Å². The standard InChI is InChI=1S/C10H10BrN3O/c1-7(5-12)14(2)10(15)8-3-4-9(11)13-6-8/h3-4,6-7H,1-2H3. The molecule has 5 heteroatoms. The SMILES string of the molecule is CC(C#N)N(C)C(=O)c1ccc(Br)nc1. The van der Waals surface area contributed by atoms with Crippen molar-refractivity contribution >= 4 is 21.8 Å². The van der Waals surface area contributed by atoms with Gasteiger partial charge in [-0.1, -0.05) is 0 Å². The van der Waals surface area contributed by atoms with Crippen LogP contribution in [0.4, 0.5) is 0 Å². The molecule has 0 saturated carbocycles. The molecule has 1 heterocycles. The van der Waals surface area contributed by atoms with Crippen molar-refractivity contribution in [3.63, 3.8) is 0 Å². The number of nitriles is 1. The molecule has 0 aromatic carbocycles. The molecule has 0 aliphatic heterocycles. The largest absolute Gasteiger partial charge is 0.326 e. The summed E-state index contributed by atoms with van der Waals surface area (Å²) in [4.78, 5) is 17.1. The lowest BCUT2D eigenvalue weighted by molar-refractivity contribution is 0.0772. The zero-order valence-corrected chi connectivity index (χ0v) is 10.0. The van der Waals surface area contributed by atoms with Crippen molar-refractivity contribution in [2.24, 2.45) is 0 Å². The highest BCUT2D eigenvalue weighted by atomic mass is 79.9. The second-order valence-electron chi connectivity index (χ2n) is 3.09. The predicted octanol–water partition coefficient (Wildman–Crippen LogP) is 1.83. The maximum absolute atomic E-state index is 11.8. The number of nitrogens with zero attached hydrogens (tertiary/aromatic N) is 3. The van der Waals surface area contributed by atoms with E-state index in [0.717, 1.165) is 0 Å². The van der Waals surface area contributed by atoms with Gasteiger partial charge in [0.15, 0.2) is 0 Å². The minimum Gasteiger partial charge on any atom is -0.326 e.